The molecular weight excluding hydrogens is 884 g/mol. The van der Waals surface area contributed by atoms with Gasteiger partial charge in [0.1, 0.15) is 41.1 Å². The highest BCUT2D eigenvalue weighted by Crippen LogP contribution is 2.45. The molecule has 2 aromatic heterocycles. The van der Waals surface area contributed by atoms with Gasteiger partial charge in [0.05, 0.1) is 17.7 Å². The summed E-state index contributed by atoms with van der Waals surface area (Å²) in [6.45, 7) is 17.1. The van der Waals surface area contributed by atoms with E-state index in [4.69, 9.17) is 13.8 Å². The van der Waals surface area contributed by atoms with Gasteiger partial charge in [-0.2, -0.15) is 0 Å². The molecule has 366 valence electrons. The lowest BCUT2D eigenvalue weighted by atomic mass is 9.91. The van der Waals surface area contributed by atoms with Crippen LogP contribution in [-0.4, -0.2) is 112 Å². The molecule has 2 aliphatic rings. The van der Waals surface area contributed by atoms with Crippen molar-refractivity contribution in [2.45, 2.75) is 79.3 Å². The van der Waals surface area contributed by atoms with Gasteiger partial charge in [-0.05, 0) is 95.2 Å². The third-order valence-electron chi connectivity index (χ3n) is 12.7. The topological polar surface area (TPSA) is 207 Å². The summed E-state index contributed by atoms with van der Waals surface area (Å²) in [7, 11) is 1.71. The van der Waals surface area contributed by atoms with Crippen molar-refractivity contribution >= 4 is 11.8 Å². The molecule has 2 aliphatic heterocycles. The van der Waals surface area contributed by atoms with E-state index >= 15 is 0 Å². The van der Waals surface area contributed by atoms with Crippen molar-refractivity contribution in [2.75, 3.05) is 59.7 Å². The lowest BCUT2D eigenvalue weighted by Crippen LogP contribution is -2.33. The lowest BCUT2D eigenvalue weighted by molar-refractivity contribution is 0.0912. The number of aromatic nitrogens is 2. The zero-order chi connectivity index (χ0) is 49.5. The molecule has 69 heavy (non-hydrogen) atoms. The zero-order valence-corrected chi connectivity index (χ0v) is 40.4. The number of amides is 2. The van der Waals surface area contributed by atoms with Crippen LogP contribution in [0.5, 0.6) is 23.0 Å². The Morgan fingerprint density at radius 3 is 1.48 bits per heavy atom. The van der Waals surface area contributed by atoms with Crippen molar-refractivity contribution in [1.82, 2.24) is 30.7 Å². The van der Waals surface area contributed by atoms with Gasteiger partial charge in [0, 0.05) is 82.7 Å². The standard InChI is InChI=1S/C27H33N3O5.C26H30FN3O4/c1-5-28-27(33)26-24(18-6-7-19-15-30(10-11-34-4)9-8-17(19)12-18)25(29-35-26)21-13-20(16(2)3)22(31)14-23(21)32;1-4-28-26(33)25-23(17-5-6-18-14-30(10-8-27)9-7-16(18)11-17)24(29-34-25)20-12-19(15(2)3)21(31)13-22(20)32/h6-7,12-14,16,31-32H,5,8-11,15H2,1-4H3,(H,28,33);5-6,11-13,15,31-32H,4,7-10,14H2,1-3H3,(H,28,33). The van der Waals surface area contributed by atoms with Crippen molar-refractivity contribution in [3.05, 3.63) is 106 Å². The number of hydrogen-bond acceptors (Lipinski definition) is 13. The molecule has 0 radical (unpaired) electrons. The molecule has 0 saturated carbocycles. The number of fused-ring (bicyclic) bond motifs is 2. The first-order valence-electron chi connectivity index (χ1n) is 23.6. The highest BCUT2D eigenvalue weighted by molar-refractivity contribution is 6.03. The van der Waals surface area contributed by atoms with Gasteiger partial charge in [-0.25, -0.2) is 4.39 Å². The number of benzene rings is 4. The number of nitrogens with one attached hydrogen (secondary N) is 2. The molecule has 0 bridgehead atoms. The molecule has 6 aromatic rings. The SMILES string of the molecule is CCNC(=O)c1onc(-c2cc(C(C)C)c(O)cc2O)c1-c1ccc2c(c1)CCN(CCF)C2.CCNC(=O)c1onc(-c2cc(C(C)C)c(O)cc2O)c1-c1ccc2c(c1)CCN(CCOC)C2. The fraction of sp³-hybridized carbons (Fsp3) is 0.396. The van der Waals surface area contributed by atoms with E-state index in [1.165, 1.54) is 23.3 Å². The van der Waals surface area contributed by atoms with Crippen LogP contribution >= 0.6 is 0 Å². The van der Waals surface area contributed by atoms with Crippen LogP contribution in [0.25, 0.3) is 44.8 Å². The number of ether oxygens (including phenoxy) is 1. The van der Waals surface area contributed by atoms with Crippen molar-refractivity contribution in [3.63, 3.8) is 0 Å². The predicted octanol–water partition coefficient (Wildman–Crippen LogP) is 8.92. The number of rotatable bonds is 15. The second-order valence-corrected chi connectivity index (χ2v) is 18.1. The highest BCUT2D eigenvalue weighted by atomic mass is 19.1. The summed E-state index contributed by atoms with van der Waals surface area (Å²) in [5.41, 5.74) is 10.0. The number of carbonyl (C=O) groups excluding carboxylic acids is 2. The van der Waals surface area contributed by atoms with Crippen molar-refractivity contribution in [3.8, 4) is 67.8 Å². The average Bonchev–Trinajstić information content (AvgIpc) is 3.97. The molecular formula is C53H63FN6O9. The summed E-state index contributed by atoms with van der Waals surface area (Å²) >= 11 is 0. The fourth-order valence-corrected chi connectivity index (χ4v) is 9.02. The van der Waals surface area contributed by atoms with Crippen LogP contribution in [0.15, 0.2) is 69.7 Å². The van der Waals surface area contributed by atoms with E-state index in [1.807, 2.05) is 65.8 Å². The monoisotopic (exact) mass is 946 g/mol. The Balaban J connectivity index is 0.000000204. The molecule has 4 aromatic carbocycles. The fourth-order valence-electron chi connectivity index (χ4n) is 9.02. The Hall–Kier alpha value is -6.75. The number of alkyl halides is 1. The summed E-state index contributed by atoms with van der Waals surface area (Å²) in [6.07, 6.45) is 1.65. The number of nitrogens with zero attached hydrogens (tertiary/aromatic N) is 4. The van der Waals surface area contributed by atoms with Gasteiger partial charge in [0.15, 0.2) is 0 Å². The van der Waals surface area contributed by atoms with Crippen LogP contribution in [0.1, 0.15) is 108 Å². The summed E-state index contributed by atoms with van der Waals surface area (Å²) in [4.78, 5) is 30.1. The minimum absolute atomic E-state index is 0.00291. The van der Waals surface area contributed by atoms with Crippen LogP contribution < -0.4 is 10.6 Å². The molecule has 0 spiro atoms. The van der Waals surface area contributed by atoms with Crippen LogP contribution in [0, 0.1) is 0 Å². The van der Waals surface area contributed by atoms with E-state index in [0.717, 1.165) is 61.3 Å². The number of aromatic hydroxyl groups is 4. The predicted molar refractivity (Wildman–Crippen MR) is 261 cm³/mol. The van der Waals surface area contributed by atoms with Crippen LogP contribution in [-0.2, 0) is 30.7 Å². The van der Waals surface area contributed by atoms with Crippen molar-refractivity contribution < 1.29 is 48.2 Å². The molecule has 2 amide bonds. The smallest absolute Gasteiger partial charge is 0.290 e. The summed E-state index contributed by atoms with van der Waals surface area (Å²) in [5.74, 6) is -0.847. The number of halogens is 1. The molecule has 15 nitrogen and oxygen atoms in total. The Morgan fingerprint density at radius 1 is 0.652 bits per heavy atom. The first-order chi connectivity index (χ1) is 33.2. The van der Waals surface area contributed by atoms with Gasteiger partial charge in [-0.1, -0.05) is 74.4 Å². The van der Waals surface area contributed by atoms with Gasteiger partial charge < -0.3 is 44.8 Å². The Bertz CT molecular complexity index is 2800. The zero-order valence-electron chi connectivity index (χ0n) is 40.4. The number of phenolic OH excluding ortho intramolecular Hbond substituents is 4. The number of carbonyl (C=O) groups is 2. The minimum atomic E-state index is -0.398. The maximum Gasteiger partial charge on any atom is 0.290 e. The maximum atomic E-state index is 12.9. The second kappa shape index (κ2) is 22.1. The average molecular weight is 947 g/mol. The first-order valence-corrected chi connectivity index (χ1v) is 23.6. The van der Waals surface area contributed by atoms with Gasteiger partial charge in [-0.15, -0.1) is 0 Å². The molecule has 4 heterocycles. The number of hydrogen-bond donors (Lipinski definition) is 6. The Labute approximate surface area is 401 Å². The molecule has 0 fully saturated rings. The first kappa shape index (κ1) is 50.1. The van der Waals surface area contributed by atoms with E-state index in [1.54, 1.807) is 19.2 Å². The Morgan fingerprint density at radius 2 is 1.09 bits per heavy atom. The molecule has 0 unspecified atom stereocenters. The third-order valence-corrected chi connectivity index (χ3v) is 12.7. The quantitative estimate of drug-likeness (QED) is 0.0569. The van der Waals surface area contributed by atoms with Gasteiger partial charge in [0.2, 0.25) is 11.5 Å². The van der Waals surface area contributed by atoms with Crippen molar-refractivity contribution in [2.24, 2.45) is 0 Å². The van der Waals surface area contributed by atoms with E-state index in [0.29, 0.717) is 77.6 Å². The highest BCUT2D eigenvalue weighted by Gasteiger charge is 2.30. The van der Waals surface area contributed by atoms with Gasteiger partial charge >= 0.3 is 0 Å². The number of phenols is 4. The molecule has 0 atom stereocenters. The molecule has 6 N–H and O–H groups in total. The van der Waals surface area contributed by atoms with E-state index in [-0.39, 0.29) is 58.9 Å². The van der Waals surface area contributed by atoms with E-state index < -0.39 is 5.91 Å². The maximum absolute atomic E-state index is 12.9. The summed E-state index contributed by atoms with van der Waals surface area (Å²) in [6, 6.07) is 18.1. The van der Waals surface area contributed by atoms with Gasteiger partial charge in [-0.3, -0.25) is 19.4 Å². The summed E-state index contributed by atoms with van der Waals surface area (Å²) < 4.78 is 29.1. The van der Waals surface area contributed by atoms with Crippen LogP contribution in [0.2, 0.25) is 0 Å². The van der Waals surface area contributed by atoms with E-state index in [2.05, 4.69) is 42.9 Å². The molecule has 16 heteroatoms. The third kappa shape index (κ3) is 10.9. The largest absolute Gasteiger partial charge is 0.508 e. The second-order valence-electron chi connectivity index (χ2n) is 18.1. The minimum Gasteiger partial charge on any atom is -0.508 e. The number of methoxy groups -OCH3 is 1. The van der Waals surface area contributed by atoms with Crippen LogP contribution in [0.3, 0.4) is 0 Å². The lowest BCUT2D eigenvalue weighted by Gasteiger charge is -2.28. The summed E-state index contributed by atoms with van der Waals surface area (Å²) in [5, 5.41) is 55.9. The van der Waals surface area contributed by atoms with Gasteiger partial charge in [0.25, 0.3) is 11.8 Å². The molecule has 8 rings (SSSR count). The Kier molecular flexibility index (Phi) is 16.1. The van der Waals surface area contributed by atoms with Crippen LogP contribution in [0.4, 0.5) is 4.39 Å². The van der Waals surface area contributed by atoms with E-state index in [9.17, 15) is 34.4 Å². The normalized spacial score (nSPS) is 13.8. The molecule has 0 aliphatic carbocycles. The van der Waals surface area contributed by atoms with Crippen molar-refractivity contribution in [1.29, 1.82) is 0 Å². The molecule has 0 saturated heterocycles.